The molecule has 2 aromatic heterocycles. The van der Waals surface area contributed by atoms with Crippen molar-refractivity contribution in [2.75, 3.05) is 10.2 Å². The number of anilines is 2. The molecule has 1 aliphatic heterocycles. The lowest BCUT2D eigenvalue weighted by Crippen LogP contribution is -2.30. The van der Waals surface area contributed by atoms with Crippen LogP contribution in [-0.2, 0) is 6.54 Å². The van der Waals surface area contributed by atoms with Crippen molar-refractivity contribution in [2.45, 2.75) is 6.54 Å². The Balaban J connectivity index is 1.24. The van der Waals surface area contributed by atoms with Crippen molar-refractivity contribution >= 4 is 23.3 Å². The van der Waals surface area contributed by atoms with Gasteiger partial charge in [0.2, 0.25) is 0 Å². The highest BCUT2D eigenvalue weighted by Gasteiger charge is 2.26. The highest BCUT2D eigenvalue weighted by molar-refractivity contribution is 6.09. The third kappa shape index (κ3) is 4.49. The molecular weight excluding hydrogens is 476 g/mol. The molecule has 2 amide bonds. The minimum atomic E-state index is -0.292. The van der Waals surface area contributed by atoms with E-state index in [1.807, 2.05) is 78.9 Å². The predicted molar refractivity (Wildman–Crippen MR) is 145 cm³/mol. The molecule has 7 heteroatoms. The van der Waals surface area contributed by atoms with Gasteiger partial charge in [-0.15, -0.1) is 0 Å². The number of carbonyl (C=O) groups excluding carboxylic acids is 2. The number of ether oxygens (including phenoxy) is 1. The van der Waals surface area contributed by atoms with Gasteiger partial charge in [-0.25, -0.2) is 4.98 Å². The van der Waals surface area contributed by atoms with Gasteiger partial charge in [-0.05, 0) is 59.7 Å². The third-order valence-electron chi connectivity index (χ3n) is 6.34. The van der Waals surface area contributed by atoms with Crippen molar-refractivity contribution in [3.63, 3.8) is 0 Å². The molecule has 3 aromatic carbocycles. The summed E-state index contributed by atoms with van der Waals surface area (Å²) >= 11 is 0. The van der Waals surface area contributed by atoms with Crippen LogP contribution < -0.4 is 15.0 Å². The maximum absolute atomic E-state index is 13.6. The first-order valence-electron chi connectivity index (χ1n) is 12.1. The molecule has 0 unspecified atom stereocenters. The van der Waals surface area contributed by atoms with Crippen LogP contribution in [0.25, 0.3) is 11.1 Å². The number of benzene rings is 3. The molecule has 3 heterocycles. The average molecular weight is 499 g/mol. The monoisotopic (exact) mass is 498 g/mol. The number of fused-ring (bicyclic) bond motifs is 2. The van der Waals surface area contributed by atoms with Crippen molar-refractivity contribution in [3.8, 4) is 22.6 Å². The smallest absolute Gasteiger partial charge is 0.260 e. The van der Waals surface area contributed by atoms with E-state index in [1.54, 1.807) is 35.5 Å². The zero-order valence-corrected chi connectivity index (χ0v) is 20.2. The highest BCUT2D eigenvalue weighted by Crippen LogP contribution is 2.39. The van der Waals surface area contributed by atoms with Gasteiger partial charge in [0, 0.05) is 29.7 Å². The number of amides is 2. The third-order valence-corrected chi connectivity index (χ3v) is 6.34. The lowest BCUT2D eigenvalue weighted by molar-refractivity contribution is 0.0984. The number of rotatable bonds is 4. The number of hydrogen-bond donors (Lipinski definition) is 1. The minimum absolute atomic E-state index is 0.217. The molecule has 0 bridgehead atoms. The fourth-order valence-corrected chi connectivity index (χ4v) is 4.45. The van der Waals surface area contributed by atoms with Gasteiger partial charge in [0.15, 0.2) is 5.75 Å². The van der Waals surface area contributed by atoms with E-state index in [0.717, 1.165) is 22.4 Å². The Kier molecular flexibility index (Phi) is 6.08. The first-order valence-corrected chi connectivity index (χ1v) is 12.1. The van der Waals surface area contributed by atoms with Crippen LogP contribution in [0.4, 0.5) is 11.5 Å². The van der Waals surface area contributed by atoms with Gasteiger partial charge in [0.05, 0.1) is 17.8 Å². The van der Waals surface area contributed by atoms with Crippen molar-refractivity contribution in [3.05, 3.63) is 132 Å². The van der Waals surface area contributed by atoms with E-state index in [1.165, 1.54) is 6.20 Å². The molecule has 6 rings (SSSR count). The van der Waals surface area contributed by atoms with E-state index >= 15 is 0 Å². The molecule has 0 spiro atoms. The van der Waals surface area contributed by atoms with Gasteiger partial charge in [0.25, 0.3) is 11.8 Å². The fraction of sp³-hybridized carbons (Fsp3) is 0.0323. The lowest BCUT2D eigenvalue weighted by Gasteiger charge is -2.22. The van der Waals surface area contributed by atoms with Crippen LogP contribution in [-0.4, -0.2) is 21.8 Å². The van der Waals surface area contributed by atoms with Crippen LogP contribution in [0.15, 0.2) is 116 Å². The first-order chi connectivity index (χ1) is 18.7. The second kappa shape index (κ2) is 9.99. The van der Waals surface area contributed by atoms with E-state index in [0.29, 0.717) is 34.9 Å². The van der Waals surface area contributed by atoms with Crippen molar-refractivity contribution < 1.29 is 14.3 Å². The van der Waals surface area contributed by atoms with E-state index in [4.69, 9.17) is 4.74 Å². The summed E-state index contributed by atoms with van der Waals surface area (Å²) in [4.78, 5) is 36.8. The molecule has 184 valence electrons. The van der Waals surface area contributed by atoms with Crippen LogP contribution in [0.5, 0.6) is 11.5 Å². The van der Waals surface area contributed by atoms with Crippen molar-refractivity contribution in [1.29, 1.82) is 0 Å². The molecule has 0 aliphatic carbocycles. The molecule has 0 radical (unpaired) electrons. The van der Waals surface area contributed by atoms with Crippen molar-refractivity contribution in [1.82, 2.24) is 9.97 Å². The summed E-state index contributed by atoms with van der Waals surface area (Å²) in [5, 5.41) is 2.84. The van der Waals surface area contributed by atoms with E-state index in [9.17, 15) is 9.59 Å². The number of aromatic nitrogens is 2. The second-order valence-corrected chi connectivity index (χ2v) is 8.74. The largest absolute Gasteiger partial charge is 0.455 e. The Hall–Kier alpha value is -5.30. The van der Waals surface area contributed by atoms with Crippen LogP contribution in [0, 0.1) is 0 Å². The number of hydrogen-bond acceptors (Lipinski definition) is 5. The van der Waals surface area contributed by atoms with Gasteiger partial charge in [-0.1, -0.05) is 48.5 Å². The van der Waals surface area contributed by atoms with Gasteiger partial charge in [-0.3, -0.25) is 14.6 Å². The van der Waals surface area contributed by atoms with E-state index < -0.39 is 0 Å². The number of nitrogens with one attached hydrogen (secondary N) is 1. The standard InChI is InChI=1S/C31H22N4O3/c36-30(25-9-3-2-8-24(25)21-15-17-32-18-16-21)34-29-14-13-22(19-33-29)31(37)35-20-23-7-1-5-11-27(23)38-28-12-6-4-10-26(28)35/h1-19H,20H2,(H,33,34,36). The molecule has 0 atom stereocenters. The Labute approximate surface area is 219 Å². The predicted octanol–water partition coefficient (Wildman–Crippen LogP) is 6.35. The molecule has 1 N–H and O–H groups in total. The van der Waals surface area contributed by atoms with Crippen LogP contribution in [0.1, 0.15) is 26.3 Å². The molecule has 1 aliphatic rings. The van der Waals surface area contributed by atoms with Crippen LogP contribution >= 0.6 is 0 Å². The Morgan fingerprint density at radius 2 is 1.53 bits per heavy atom. The normalized spacial score (nSPS) is 11.9. The Morgan fingerprint density at radius 1 is 0.789 bits per heavy atom. The molecule has 5 aromatic rings. The van der Waals surface area contributed by atoms with Crippen LogP contribution in [0.3, 0.4) is 0 Å². The first kappa shape index (κ1) is 23.1. The summed E-state index contributed by atoms with van der Waals surface area (Å²) < 4.78 is 6.10. The summed E-state index contributed by atoms with van der Waals surface area (Å²) in [6.45, 7) is 0.357. The zero-order valence-electron chi connectivity index (χ0n) is 20.2. The van der Waals surface area contributed by atoms with Crippen LogP contribution in [0.2, 0.25) is 0 Å². The summed E-state index contributed by atoms with van der Waals surface area (Å²) in [6, 6.07) is 29.5. The fourth-order valence-electron chi connectivity index (χ4n) is 4.45. The highest BCUT2D eigenvalue weighted by atomic mass is 16.5. The quantitative estimate of drug-likeness (QED) is 0.312. The molecule has 0 saturated carbocycles. The van der Waals surface area contributed by atoms with Gasteiger partial charge < -0.3 is 15.0 Å². The molecule has 7 nitrogen and oxygen atoms in total. The topological polar surface area (TPSA) is 84.4 Å². The van der Waals surface area contributed by atoms with Crippen molar-refractivity contribution in [2.24, 2.45) is 0 Å². The van der Waals surface area contributed by atoms with Gasteiger partial charge in [0.1, 0.15) is 11.6 Å². The maximum atomic E-state index is 13.6. The second-order valence-electron chi connectivity index (χ2n) is 8.74. The number of carbonyl (C=O) groups is 2. The van der Waals surface area contributed by atoms with E-state index in [2.05, 4.69) is 15.3 Å². The zero-order chi connectivity index (χ0) is 25.9. The molecule has 0 saturated heterocycles. The SMILES string of the molecule is O=C(Nc1ccc(C(=O)N2Cc3ccccc3Oc3ccccc32)cn1)c1ccccc1-c1ccncc1. The van der Waals surface area contributed by atoms with E-state index in [-0.39, 0.29) is 11.8 Å². The number of pyridine rings is 2. The van der Waals surface area contributed by atoms with Gasteiger partial charge in [-0.2, -0.15) is 0 Å². The lowest BCUT2D eigenvalue weighted by atomic mass is 10.0. The summed E-state index contributed by atoms with van der Waals surface area (Å²) in [5.74, 6) is 1.17. The molecular formula is C31H22N4O3. The summed E-state index contributed by atoms with van der Waals surface area (Å²) in [7, 11) is 0. The molecule has 0 fully saturated rings. The molecule has 38 heavy (non-hydrogen) atoms. The minimum Gasteiger partial charge on any atom is -0.455 e. The number of nitrogens with zero attached hydrogens (tertiary/aromatic N) is 3. The summed E-state index contributed by atoms with van der Waals surface area (Å²) in [6.07, 6.45) is 4.86. The summed E-state index contributed by atoms with van der Waals surface area (Å²) in [5.41, 5.74) is 4.18. The number of para-hydroxylation sites is 3. The maximum Gasteiger partial charge on any atom is 0.260 e. The Morgan fingerprint density at radius 3 is 2.34 bits per heavy atom. The van der Waals surface area contributed by atoms with Gasteiger partial charge >= 0.3 is 0 Å². The Bertz CT molecular complexity index is 1640. The average Bonchev–Trinajstić information content (AvgIpc) is 3.14.